The van der Waals surface area contributed by atoms with Crippen molar-refractivity contribution in [2.24, 2.45) is 0 Å². The lowest BCUT2D eigenvalue weighted by molar-refractivity contribution is 0.0946. The van der Waals surface area contributed by atoms with Crippen molar-refractivity contribution < 1.29 is 4.79 Å². The van der Waals surface area contributed by atoms with Gasteiger partial charge in [-0.25, -0.2) is 4.98 Å². The summed E-state index contributed by atoms with van der Waals surface area (Å²) in [7, 11) is 0. The molecule has 0 spiro atoms. The van der Waals surface area contributed by atoms with Gasteiger partial charge in [0.2, 0.25) is 0 Å². The molecule has 0 radical (unpaired) electrons. The minimum atomic E-state index is -0.361. The van der Waals surface area contributed by atoms with E-state index in [0.717, 1.165) is 0 Å². The number of hydrogen-bond acceptors (Lipinski definition) is 5. The average molecular weight is 352 g/mol. The summed E-state index contributed by atoms with van der Waals surface area (Å²) in [4.78, 5) is 28.5. The molecule has 0 atom stereocenters. The van der Waals surface area contributed by atoms with Crippen molar-refractivity contribution in [2.75, 3.05) is 6.54 Å². The number of hydrogen-bond donors (Lipinski definition) is 1. The maximum absolute atomic E-state index is 12.2. The molecule has 0 saturated carbocycles. The Bertz CT molecular complexity index is 913. The number of nitrogens with zero attached hydrogens (tertiary/aromatic N) is 4. The molecule has 1 N–H and O–H groups in total. The van der Waals surface area contributed by atoms with Crippen LogP contribution in [0.4, 0.5) is 0 Å². The van der Waals surface area contributed by atoms with Crippen LogP contribution in [0.25, 0.3) is 10.2 Å². The Labute approximate surface area is 140 Å². The zero-order chi connectivity index (χ0) is 16.4. The highest BCUT2D eigenvalue weighted by molar-refractivity contribution is 7.17. The molecule has 0 saturated heterocycles. The predicted molar refractivity (Wildman–Crippen MR) is 89.1 cm³/mol. The summed E-state index contributed by atoms with van der Waals surface area (Å²) in [6.45, 7) is 3.16. The fourth-order valence-corrected chi connectivity index (χ4v) is 3.15. The Kier molecular flexibility index (Phi) is 4.44. The van der Waals surface area contributed by atoms with Crippen molar-refractivity contribution in [3.63, 3.8) is 0 Å². The lowest BCUT2D eigenvalue weighted by atomic mass is 10.4. The van der Waals surface area contributed by atoms with Gasteiger partial charge >= 0.3 is 0 Å². The van der Waals surface area contributed by atoms with Crippen LogP contribution < -0.4 is 10.9 Å². The van der Waals surface area contributed by atoms with Crippen LogP contribution in [0.15, 0.2) is 28.8 Å². The normalized spacial score (nSPS) is 11.0. The summed E-state index contributed by atoms with van der Waals surface area (Å²) in [6, 6.07) is 1.81. The third kappa shape index (κ3) is 3.13. The summed E-state index contributed by atoms with van der Waals surface area (Å²) < 4.78 is 3.69. The van der Waals surface area contributed by atoms with Crippen molar-refractivity contribution in [3.05, 3.63) is 45.0 Å². The fourth-order valence-electron chi connectivity index (χ4n) is 2.12. The van der Waals surface area contributed by atoms with Gasteiger partial charge in [-0.1, -0.05) is 11.6 Å². The molecular weight excluding hydrogens is 338 g/mol. The van der Waals surface area contributed by atoms with Crippen molar-refractivity contribution in [3.8, 4) is 0 Å². The van der Waals surface area contributed by atoms with E-state index < -0.39 is 0 Å². The topological polar surface area (TPSA) is 81.8 Å². The molecule has 3 rings (SSSR count). The summed E-state index contributed by atoms with van der Waals surface area (Å²) in [5, 5.41) is 8.95. The van der Waals surface area contributed by atoms with Crippen LogP contribution in [-0.2, 0) is 13.1 Å². The van der Waals surface area contributed by atoms with Gasteiger partial charge in [0.1, 0.15) is 4.70 Å². The molecular formula is C14H14ClN5O2S. The maximum atomic E-state index is 12.2. The third-order valence-corrected chi connectivity index (χ3v) is 4.50. The van der Waals surface area contributed by atoms with E-state index in [9.17, 15) is 9.59 Å². The zero-order valence-electron chi connectivity index (χ0n) is 12.3. The van der Waals surface area contributed by atoms with Crippen molar-refractivity contribution >= 4 is 39.1 Å². The molecule has 120 valence electrons. The van der Waals surface area contributed by atoms with Gasteiger partial charge < -0.3 is 5.32 Å². The van der Waals surface area contributed by atoms with Crippen molar-refractivity contribution in [1.29, 1.82) is 0 Å². The van der Waals surface area contributed by atoms with Gasteiger partial charge in [-0.2, -0.15) is 5.10 Å². The number of fused-ring (bicyclic) bond motifs is 1. The smallest absolute Gasteiger partial charge is 0.273 e. The minimum absolute atomic E-state index is 0.104. The number of aromatic nitrogens is 4. The Hall–Kier alpha value is -2.19. The lowest BCUT2D eigenvalue weighted by Gasteiger charge is -2.06. The van der Waals surface area contributed by atoms with Crippen LogP contribution in [0.2, 0.25) is 5.02 Å². The second-order valence-electron chi connectivity index (χ2n) is 4.82. The van der Waals surface area contributed by atoms with Crippen molar-refractivity contribution in [1.82, 2.24) is 24.6 Å². The molecule has 3 aromatic heterocycles. The van der Waals surface area contributed by atoms with Crippen LogP contribution in [0.5, 0.6) is 0 Å². The van der Waals surface area contributed by atoms with E-state index >= 15 is 0 Å². The summed E-state index contributed by atoms with van der Waals surface area (Å²) in [6.07, 6.45) is 3.10. The largest absolute Gasteiger partial charge is 0.349 e. The molecule has 0 unspecified atom stereocenters. The molecule has 0 fully saturated rings. The summed E-state index contributed by atoms with van der Waals surface area (Å²) in [5.74, 6) is -0.361. The molecule has 0 bridgehead atoms. The quantitative estimate of drug-likeness (QED) is 0.759. The van der Waals surface area contributed by atoms with E-state index in [-0.39, 0.29) is 23.7 Å². The average Bonchev–Trinajstić information content (AvgIpc) is 3.16. The van der Waals surface area contributed by atoms with E-state index in [1.165, 1.54) is 22.2 Å². The Morgan fingerprint density at radius 2 is 2.30 bits per heavy atom. The zero-order valence-corrected chi connectivity index (χ0v) is 13.9. The first-order valence-corrected chi connectivity index (χ1v) is 8.29. The van der Waals surface area contributed by atoms with Crippen LogP contribution >= 0.6 is 22.9 Å². The highest BCUT2D eigenvalue weighted by Crippen LogP contribution is 2.14. The molecule has 1 amide bonds. The second-order valence-corrected chi connectivity index (χ2v) is 6.14. The van der Waals surface area contributed by atoms with Crippen molar-refractivity contribution in [2.45, 2.75) is 20.0 Å². The molecule has 0 aliphatic carbocycles. The standard InChI is InChI=1S/C14H14ClN5O2S/c1-2-20-7-9(15)11(18-20)13(21)16-4-5-19-8-17-10-3-6-23-12(10)14(19)22/h3,6-8H,2,4-5H2,1H3,(H,16,21). The summed E-state index contributed by atoms with van der Waals surface area (Å²) >= 11 is 7.34. The highest BCUT2D eigenvalue weighted by atomic mass is 35.5. The van der Waals surface area contributed by atoms with Crippen LogP contribution in [0.1, 0.15) is 17.4 Å². The molecule has 0 aliphatic rings. The summed E-state index contributed by atoms with van der Waals surface area (Å²) in [5.41, 5.74) is 0.775. The number of aryl methyl sites for hydroxylation is 1. The van der Waals surface area contributed by atoms with Gasteiger partial charge in [0.15, 0.2) is 5.69 Å². The first-order valence-electron chi connectivity index (χ1n) is 7.04. The molecule has 7 nitrogen and oxygen atoms in total. The van der Waals surface area contributed by atoms with E-state index in [4.69, 9.17) is 11.6 Å². The van der Waals surface area contributed by atoms with E-state index in [2.05, 4.69) is 15.4 Å². The SMILES string of the molecule is CCn1cc(Cl)c(C(=O)NCCn2cnc3ccsc3c2=O)n1. The minimum Gasteiger partial charge on any atom is -0.349 e. The van der Waals surface area contributed by atoms with Gasteiger partial charge in [0, 0.05) is 25.8 Å². The van der Waals surface area contributed by atoms with Gasteiger partial charge in [0.05, 0.1) is 16.9 Å². The molecule has 3 aromatic rings. The molecule has 0 aliphatic heterocycles. The van der Waals surface area contributed by atoms with E-state index in [0.29, 0.717) is 28.3 Å². The highest BCUT2D eigenvalue weighted by Gasteiger charge is 2.14. The van der Waals surface area contributed by atoms with Gasteiger partial charge in [-0.05, 0) is 18.4 Å². The number of thiophene rings is 1. The Morgan fingerprint density at radius 1 is 1.48 bits per heavy atom. The molecule has 3 heterocycles. The first-order chi connectivity index (χ1) is 11.1. The number of rotatable bonds is 5. The van der Waals surface area contributed by atoms with Crippen LogP contribution in [0.3, 0.4) is 0 Å². The fraction of sp³-hybridized carbons (Fsp3) is 0.286. The number of amides is 1. The molecule has 23 heavy (non-hydrogen) atoms. The van der Waals surface area contributed by atoms with Gasteiger partial charge in [-0.15, -0.1) is 11.3 Å². The predicted octanol–water partition coefficient (Wildman–Crippen LogP) is 1.76. The Balaban J connectivity index is 1.66. The monoisotopic (exact) mass is 351 g/mol. The first kappa shape index (κ1) is 15.7. The van der Waals surface area contributed by atoms with E-state index in [1.54, 1.807) is 16.9 Å². The second kappa shape index (κ2) is 6.51. The number of nitrogens with one attached hydrogen (secondary N) is 1. The van der Waals surface area contributed by atoms with E-state index in [1.807, 2.05) is 12.3 Å². The number of carbonyl (C=O) groups is 1. The number of carbonyl (C=O) groups excluding carboxylic acids is 1. The third-order valence-electron chi connectivity index (χ3n) is 3.33. The lowest BCUT2D eigenvalue weighted by Crippen LogP contribution is -2.31. The van der Waals surface area contributed by atoms with Crippen LogP contribution in [0, 0.1) is 0 Å². The number of halogens is 1. The molecule has 9 heteroatoms. The van der Waals surface area contributed by atoms with Crippen LogP contribution in [-0.4, -0.2) is 31.8 Å². The van der Waals surface area contributed by atoms with Gasteiger partial charge in [-0.3, -0.25) is 18.8 Å². The van der Waals surface area contributed by atoms with Gasteiger partial charge in [0.25, 0.3) is 11.5 Å². The molecule has 0 aromatic carbocycles. The maximum Gasteiger partial charge on any atom is 0.273 e. The Morgan fingerprint density at radius 3 is 3.04 bits per heavy atom.